The Kier molecular flexibility index (Phi) is 5.46. The van der Waals surface area contributed by atoms with E-state index < -0.39 is 28.4 Å². The number of nitro benzene ring substituents is 1. The maximum Gasteiger partial charge on any atom is 0.300 e. The van der Waals surface area contributed by atoms with E-state index in [4.69, 9.17) is 11.6 Å². The van der Waals surface area contributed by atoms with Crippen molar-refractivity contribution in [3.63, 3.8) is 0 Å². The molecule has 32 heavy (non-hydrogen) atoms. The summed E-state index contributed by atoms with van der Waals surface area (Å²) in [5.74, 6) is -2.09. The van der Waals surface area contributed by atoms with E-state index in [1.807, 2.05) is 0 Å². The van der Waals surface area contributed by atoms with E-state index in [1.165, 1.54) is 41.6 Å². The lowest BCUT2D eigenvalue weighted by atomic mass is 9.95. The molecule has 1 unspecified atom stereocenters. The normalized spacial score (nSPS) is 17.6. The van der Waals surface area contributed by atoms with Crippen LogP contribution < -0.4 is 4.90 Å². The predicted molar refractivity (Wildman–Crippen MR) is 118 cm³/mol. The highest BCUT2D eigenvalue weighted by Crippen LogP contribution is 2.43. The number of hydrogen-bond acceptors (Lipinski definition) is 6. The molecule has 3 aromatic rings. The van der Waals surface area contributed by atoms with E-state index in [0.717, 1.165) is 0 Å². The number of benzene rings is 2. The molecule has 1 saturated heterocycles. The molecule has 2 aromatic carbocycles. The number of anilines is 1. The Balaban J connectivity index is 1.92. The van der Waals surface area contributed by atoms with Gasteiger partial charge in [-0.15, -0.1) is 0 Å². The number of Topliss-reactive ketones (excluding diaryl/α,β-unsaturated/α-hetero) is 1. The molecule has 2 heterocycles. The topological polar surface area (TPSA) is 114 Å². The first-order valence-electron chi connectivity index (χ1n) is 9.51. The van der Waals surface area contributed by atoms with Crippen LogP contribution in [0.3, 0.4) is 0 Å². The minimum Gasteiger partial charge on any atom is -0.507 e. The van der Waals surface area contributed by atoms with Crippen LogP contribution in [0.25, 0.3) is 5.76 Å². The molecule has 0 radical (unpaired) electrons. The monoisotopic (exact) mass is 449 g/mol. The largest absolute Gasteiger partial charge is 0.507 e. The van der Waals surface area contributed by atoms with E-state index >= 15 is 0 Å². The van der Waals surface area contributed by atoms with Crippen molar-refractivity contribution >= 4 is 40.4 Å². The van der Waals surface area contributed by atoms with Crippen LogP contribution >= 0.6 is 11.6 Å². The zero-order chi connectivity index (χ0) is 23.0. The molecule has 1 fully saturated rings. The summed E-state index contributed by atoms with van der Waals surface area (Å²) in [6.45, 7) is 1.76. The second-order valence-electron chi connectivity index (χ2n) is 7.18. The van der Waals surface area contributed by atoms with Crippen LogP contribution in [-0.4, -0.2) is 26.7 Å². The molecular weight excluding hydrogens is 434 g/mol. The Labute approximate surface area is 187 Å². The van der Waals surface area contributed by atoms with Crippen LogP contribution in [0.2, 0.25) is 5.02 Å². The summed E-state index contributed by atoms with van der Waals surface area (Å²) in [5.41, 5.74) is 1.61. The smallest absolute Gasteiger partial charge is 0.300 e. The first kappa shape index (κ1) is 21.2. The Morgan fingerprint density at radius 2 is 1.75 bits per heavy atom. The van der Waals surface area contributed by atoms with Crippen molar-refractivity contribution in [2.45, 2.75) is 13.0 Å². The van der Waals surface area contributed by atoms with E-state index in [0.29, 0.717) is 21.8 Å². The number of aromatic nitrogens is 1. The molecular formula is C23H16ClN3O5. The average Bonchev–Trinajstić information content (AvgIpc) is 3.04. The van der Waals surface area contributed by atoms with Gasteiger partial charge in [-0.05, 0) is 60.5 Å². The van der Waals surface area contributed by atoms with Crippen LogP contribution in [0.15, 0.2) is 72.6 Å². The fourth-order valence-electron chi connectivity index (χ4n) is 3.73. The number of ketones is 1. The Morgan fingerprint density at radius 1 is 1.09 bits per heavy atom. The second kappa shape index (κ2) is 8.24. The van der Waals surface area contributed by atoms with Crippen LogP contribution in [0, 0.1) is 17.0 Å². The van der Waals surface area contributed by atoms with Gasteiger partial charge in [0.25, 0.3) is 17.4 Å². The zero-order valence-electron chi connectivity index (χ0n) is 16.7. The number of nitrogens with zero attached hydrogens (tertiary/aromatic N) is 3. The highest BCUT2D eigenvalue weighted by atomic mass is 35.5. The van der Waals surface area contributed by atoms with Crippen molar-refractivity contribution in [3.05, 3.63) is 104 Å². The van der Waals surface area contributed by atoms with Gasteiger partial charge in [0.2, 0.25) is 0 Å². The van der Waals surface area contributed by atoms with Crippen molar-refractivity contribution < 1.29 is 19.6 Å². The fraction of sp³-hybridized carbons (Fsp3) is 0.0870. The van der Waals surface area contributed by atoms with Crippen LogP contribution in [-0.2, 0) is 9.59 Å². The molecule has 0 bridgehead atoms. The van der Waals surface area contributed by atoms with E-state index in [-0.39, 0.29) is 16.8 Å². The molecule has 0 aliphatic carbocycles. The molecule has 1 aromatic heterocycles. The Hall–Kier alpha value is -4.04. The van der Waals surface area contributed by atoms with Crippen molar-refractivity contribution in [1.29, 1.82) is 0 Å². The summed E-state index contributed by atoms with van der Waals surface area (Å²) in [7, 11) is 0. The predicted octanol–water partition coefficient (Wildman–Crippen LogP) is 4.58. The van der Waals surface area contributed by atoms with E-state index in [9.17, 15) is 24.8 Å². The molecule has 1 amide bonds. The molecule has 4 rings (SSSR count). The van der Waals surface area contributed by atoms with Gasteiger partial charge in [-0.2, -0.15) is 0 Å². The van der Waals surface area contributed by atoms with Gasteiger partial charge in [-0.3, -0.25) is 29.6 Å². The number of nitro groups is 1. The number of carbonyl (C=O) groups is 2. The quantitative estimate of drug-likeness (QED) is 0.205. The number of aryl methyl sites for hydroxylation is 1. The van der Waals surface area contributed by atoms with Gasteiger partial charge >= 0.3 is 0 Å². The number of carbonyl (C=O) groups excluding carboxylic acids is 2. The fourth-order valence-corrected chi connectivity index (χ4v) is 3.95. The molecule has 0 saturated carbocycles. The lowest BCUT2D eigenvalue weighted by Gasteiger charge is -2.26. The standard InChI is InChI=1S/C23H16ClN3O5/c1-13-12-16(24)4-7-18(13)26-20(14-8-10-25-11-9-14)19(22(29)23(26)30)21(28)15-2-5-17(6-3-15)27(31)32/h2-12,20,28H,1H3/b21-19+. The van der Waals surface area contributed by atoms with Crippen molar-refractivity contribution in [2.24, 2.45) is 0 Å². The highest BCUT2D eigenvalue weighted by molar-refractivity contribution is 6.51. The minimum absolute atomic E-state index is 0.121. The molecule has 8 nitrogen and oxygen atoms in total. The minimum atomic E-state index is -0.923. The first-order valence-corrected chi connectivity index (χ1v) is 9.89. The third kappa shape index (κ3) is 3.61. The maximum atomic E-state index is 13.1. The van der Waals surface area contributed by atoms with Crippen molar-refractivity contribution in [2.75, 3.05) is 4.90 Å². The summed E-state index contributed by atoms with van der Waals surface area (Å²) < 4.78 is 0. The lowest BCUT2D eigenvalue weighted by molar-refractivity contribution is -0.384. The van der Waals surface area contributed by atoms with Gasteiger partial charge in [-0.1, -0.05) is 11.6 Å². The Morgan fingerprint density at radius 3 is 2.34 bits per heavy atom. The maximum absolute atomic E-state index is 13.1. The molecule has 1 atom stereocenters. The highest BCUT2D eigenvalue weighted by Gasteiger charge is 2.47. The SMILES string of the molecule is Cc1cc(Cl)ccc1N1C(=O)C(=O)/C(=C(/O)c2ccc([N+](=O)[O-])cc2)C1c1ccncc1. The van der Waals surface area contributed by atoms with Crippen molar-refractivity contribution in [1.82, 2.24) is 4.98 Å². The number of non-ortho nitro benzene ring substituents is 1. The molecule has 0 spiro atoms. The number of amides is 1. The van der Waals surface area contributed by atoms with Gasteiger partial charge < -0.3 is 5.11 Å². The van der Waals surface area contributed by atoms with E-state index in [2.05, 4.69) is 4.98 Å². The summed E-state index contributed by atoms with van der Waals surface area (Å²) in [4.78, 5) is 41.9. The molecule has 9 heteroatoms. The van der Waals surface area contributed by atoms with Gasteiger partial charge in [0.05, 0.1) is 16.5 Å². The number of aliphatic hydroxyl groups excluding tert-OH is 1. The lowest BCUT2D eigenvalue weighted by Crippen LogP contribution is -2.30. The van der Waals surface area contributed by atoms with Crippen LogP contribution in [0.4, 0.5) is 11.4 Å². The number of rotatable bonds is 4. The zero-order valence-corrected chi connectivity index (χ0v) is 17.5. The van der Waals surface area contributed by atoms with Gasteiger partial charge in [0, 0.05) is 40.8 Å². The first-order chi connectivity index (χ1) is 15.3. The number of aliphatic hydroxyl groups is 1. The number of hydrogen-bond donors (Lipinski definition) is 1. The summed E-state index contributed by atoms with van der Waals surface area (Å²) >= 11 is 6.06. The molecule has 1 aliphatic rings. The van der Waals surface area contributed by atoms with Crippen molar-refractivity contribution in [3.8, 4) is 0 Å². The van der Waals surface area contributed by atoms with Crippen LogP contribution in [0.1, 0.15) is 22.7 Å². The summed E-state index contributed by atoms with van der Waals surface area (Å²) in [6.07, 6.45) is 3.05. The third-order valence-electron chi connectivity index (χ3n) is 5.24. The molecule has 160 valence electrons. The van der Waals surface area contributed by atoms with Gasteiger partial charge in [0.15, 0.2) is 0 Å². The van der Waals surface area contributed by atoms with Crippen LogP contribution in [0.5, 0.6) is 0 Å². The average molecular weight is 450 g/mol. The Bertz CT molecular complexity index is 1270. The van der Waals surface area contributed by atoms with Gasteiger partial charge in [-0.25, -0.2) is 0 Å². The van der Waals surface area contributed by atoms with E-state index in [1.54, 1.807) is 37.3 Å². The molecule has 1 aliphatic heterocycles. The third-order valence-corrected chi connectivity index (χ3v) is 5.47. The van der Waals surface area contributed by atoms with Gasteiger partial charge in [0.1, 0.15) is 5.76 Å². The second-order valence-corrected chi connectivity index (χ2v) is 7.62. The molecule has 1 N–H and O–H groups in total. The summed E-state index contributed by atoms with van der Waals surface area (Å²) in [5, 5.41) is 22.4. The number of pyridine rings is 1. The number of halogens is 1. The summed E-state index contributed by atoms with van der Waals surface area (Å²) in [6, 6.07) is 12.4.